The van der Waals surface area contributed by atoms with Crippen LogP contribution in [0, 0.1) is 0 Å². The van der Waals surface area contributed by atoms with Gasteiger partial charge in [0.15, 0.2) is 0 Å². The molecule has 0 aromatic heterocycles. The average molecular weight is 207 g/mol. The Morgan fingerprint density at radius 3 is 3.13 bits per heavy atom. The van der Waals surface area contributed by atoms with E-state index in [2.05, 4.69) is 5.32 Å². The number of aliphatic carboxylic acids is 1. The lowest BCUT2D eigenvalue weighted by molar-refractivity contribution is -0.137. The smallest absolute Gasteiger partial charge is 0.325 e. The lowest BCUT2D eigenvalue weighted by Crippen LogP contribution is -2.25. The first-order chi connectivity index (χ1) is 7.18. The maximum atomic E-state index is 10.7. The molecule has 1 heterocycles. The monoisotopic (exact) mass is 207 g/mol. The molecule has 1 aromatic carbocycles. The number of ether oxygens (including phenoxy) is 1. The molecular formula is C11H13NO3. The summed E-state index contributed by atoms with van der Waals surface area (Å²) in [5, 5.41) is 11.8. The minimum atomic E-state index is -0.855. The van der Waals surface area contributed by atoms with Crippen LogP contribution >= 0.6 is 0 Å². The van der Waals surface area contributed by atoms with Gasteiger partial charge in [-0.15, -0.1) is 0 Å². The van der Waals surface area contributed by atoms with E-state index < -0.39 is 12.0 Å². The fourth-order valence-electron chi connectivity index (χ4n) is 1.65. The first-order valence-electron chi connectivity index (χ1n) is 4.92. The van der Waals surface area contributed by atoms with Gasteiger partial charge < -0.3 is 15.2 Å². The molecule has 0 saturated carbocycles. The Labute approximate surface area is 87.9 Å². The Hall–Kier alpha value is -1.71. The van der Waals surface area contributed by atoms with Gasteiger partial charge in [0.2, 0.25) is 0 Å². The van der Waals surface area contributed by atoms with Gasteiger partial charge in [0.1, 0.15) is 11.8 Å². The Morgan fingerprint density at radius 2 is 2.40 bits per heavy atom. The normalized spacial score (nSPS) is 15.3. The van der Waals surface area contributed by atoms with Crippen molar-refractivity contribution >= 4 is 11.7 Å². The van der Waals surface area contributed by atoms with Crippen molar-refractivity contribution in [1.82, 2.24) is 0 Å². The average Bonchev–Trinajstić information content (AvgIpc) is 2.66. The number of carboxylic acid groups (broad SMARTS) is 1. The molecule has 0 bridgehead atoms. The largest absolute Gasteiger partial charge is 0.493 e. The molecule has 0 aliphatic carbocycles. The maximum Gasteiger partial charge on any atom is 0.325 e. The zero-order valence-corrected chi connectivity index (χ0v) is 8.49. The van der Waals surface area contributed by atoms with Crippen LogP contribution in [0.3, 0.4) is 0 Å². The molecule has 1 aromatic rings. The Bertz CT molecular complexity index is 389. The molecule has 15 heavy (non-hydrogen) atoms. The van der Waals surface area contributed by atoms with Crippen LogP contribution in [0.1, 0.15) is 12.5 Å². The maximum absolute atomic E-state index is 10.7. The molecule has 0 spiro atoms. The van der Waals surface area contributed by atoms with Crippen molar-refractivity contribution < 1.29 is 14.6 Å². The summed E-state index contributed by atoms with van der Waals surface area (Å²) < 4.78 is 5.39. The molecule has 0 saturated heterocycles. The van der Waals surface area contributed by atoms with Crippen LogP contribution in [0.4, 0.5) is 5.69 Å². The second-order valence-corrected chi connectivity index (χ2v) is 3.58. The van der Waals surface area contributed by atoms with E-state index in [9.17, 15) is 4.79 Å². The van der Waals surface area contributed by atoms with E-state index in [1.807, 2.05) is 18.2 Å². The number of rotatable bonds is 3. The highest BCUT2D eigenvalue weighted by atomic mass is 16.5. The van der Waals surface area contributed by atoms with E-state index >= 15 is 0 Å². The highest BCUT2D eigenvalue weighted by molar-refractivity contribution is 5.77. The lowest BCUT2D eigenvalue weighted by atomic mass is 10.1. The molecule has 2 N–H and O–H groups in total. The summed E-state index contributed by atoms with van der Waals surface area (Å²) in [5.41, 5.74) is 1.94. The molecule has 0 amide bonds. The van der Waals surface area contributed by atoms with Gasteiger partial charge in [0.25, 0.3) is 0 Å². The Kier molecular flexibility index (Phi) is 2.49. The van der Waals surface area contributed by atoms with Crippen molar-refractivity contribution in [1.29, 1.82) is 0 Å². The van der Waals surface area contributed by atoms with Gasteiger partial charge in [-0.1, -0.05) is 6.07 Å². The highest BCUT2D eigenvalue weighted by Gasteiger charge is 2.18. The van der Waals surface area contributed by atoms with Gasteiger partial charge in [-0.2, -0.15) is 0 Å². The van der Waals surface area contributed by atoms with Crippen LogP contribution in [-0.2, 0) is 11.2 Å². The third-order valence-corrected chi connectivity index (χ3v) is 2.49. The highest BCUT2D eigenvalue weighted by Crippen LogP contribution is 2.31. The molecule has 80 valence electrons. The van der Waals surface area contributed by atoms with E-state index in [1.165, 1.54) is 0 Å². The van der Waals surface area contributed by atoms with Gasteiger partial charge in [-0.3, -0.25) is 4.79 Å². The molecule has 0 fully saturated rings. The van der Waals surface area contributed by atoms with Crippen molar-refractivity contribution in [2.24, 2.45) is 0 Å². The predicted molar refractivity (Wildman–Crippen MR) is 56.4 cm³/mol. The molecule has 2 rings (SSSR count). The van der Waals surface area contributed by atoms with Gasteiger partial charge in [-0.25, -0.2) is 0 Å². The molecule has 4 heteroatoms. The number of anilines is 1. The standard InChI is InChI=1S/C11H13NO3/c1-7(11(13)14)12-9-3-2-4-10-8(9)5-6-15-10/h2-4,7,12H,5-6H2,1H3,(H,13,14). The van der Waals surface area contributed by atoms with Crippen LogP contribution in [0.5, 0.6) is 5.75 Å². The number of carbonyl (C=O) groups is 1. The van der Waals surface area contributed by atoms with Crippen LogP contribution in [0.15, 0.2) is 18.2 Å². The molecule has 1 atom stereocenters. The van der Waals surface area contributed by atoms with Gasteiger partial charge in [-0.05, 0) is 19.1 Å². The minimum absolute atomic E-state index is 0.586. The minimum Gasteiger partial charge on any atom is -0.493 e. The fraction of sp³-hybridized carbons (Fsp3) is 0.364. The summed E-state index contributed by atoms with van der Waals surface area (Å²) in [6.45, 7) is 2.30. The second-order valence-electron chi connectivity index (χ2n) is 3.58. The number of benzene rings is 1. The first-order valence-corrected chi connectivity index (χ1v) is 4.92. The van der Waals surface area contributed by atoms with Crippen LogP contribution in [0.25, 0.3) is 0 Å². The van der Waals surface area contributed by atoms with Crippen LogP contribution in [-0.4, -0.2) is 23.7 Å². The van der Waals surface area contributed by atoms with Crippen molar-refractivity contribution in [2.45, 2.75) is 19.4 Å². The zero-order chi connectivity index (χ0) is 10.8. The van der Waals surface area contributed by atoms with Crippen LogP contribution in [0.2, 0.25) is 0 Å². The summed E-state index contributed by atoms with van der Waals surface area (Å²) in [6, 6.07) is 5.06. The summed E-state index contributed by atoms with van der Waals surface area (Å²) in [4.78, 5) is 10.7. The van der Waals surface area contributed by atoms with Gasteiger partial charge >= 0.3 is 5.97 Å². The van der Waals surface area contributed by atoms with Crippen molar-refractivity contribution in [2.75, 3.05) is 11.9 Å². The van der Waals surface area contributed by atoms with E-state index in [4.69, 9.17) is 9.84 Å². The molecule has 1 aliphatic heterocycles. The van der Waals surface area contributed by atoms with Gasteiger partial charge in [0, 0.05) is 17.7 Å². The number of fused-ring (bicyclic) bond motifs is 1. The van der Waals surface area contributed by atoms with E-state index in [1.54, 1.807) is 6.92 Å². The topological polar surface area (TPSA) is 58.6 Å². The quantitative estimate of drug-likeness (QED) is 0.788. The third-order valence-electron chi connectivity index (χ3n) is 2.49. The summed E-state index contributed by atoms with van der Waals surface area (Å²) in [7, 11) is 0. The lowest BCUT2D eigenvalue weighted by Gasteiger charge is -2.13. The number of carboxylic acids is 1. The van der Waals surface area contributed by atoms with E-state index in [-0.39, 0.29) is 0 Å². The number of hydrogen-bond donors (Lipinski definition) is 2. The summed E-state index contributed by atoms with van der Waals surface area (Å²) in [6.07, 6.45) is 0.838. The molecule has 4 nitrogen and oxygen atoms in total. The molecular weight excluding hydrogens is 194 g/mol. The SMILES string of the molecule is CC(Nc1cccc2c1CCO2)C(=O)O. The Balaban J connectivity index is 2.22. The van der Waals surface area contributed by atoms with Crippen LogP contribution < -0.4 is 10.1 Å². The predicted octanol–water partition coefficient (Wildman–Crippen LogP) is 1.51. The molecule has 0 radical (unpaired) electrons. The summed E-state index contributed by atoms with van der Waals surface area (Å²) >= 11 is 0. The Morgan fingerprint density at radius 1 is 1.60 bits per heavy atom. The zero-order valence-electron chi connectivity index (χ0n) is 8.49. The number of nitrogens with one attached hydrogen (secondary N) is 1. The molecule has 1 aliphatic rings. The number of hydrogen-bond acceptors (Lipinski definition) is 3. The van der Waals surface area contributed by atoms with Gasteiger partial charge in [0.05, 0.1) is 6.61 Å². The first kappa shape index (κ1) is 9.83. The molecule has 1 unspecified atom stereocenters. The van der Waals surface area contributed by atoms with Crippen molar-refractivity contribution in [3.63, 3.8) is 0 Å². The summed E-state index contributed by atoms with van der Waals surface area (Å²) in [5.74, 6) is 0.00380. The third kappa shape index (κ3) is 1.88. The fourth-order valence-corrected chi connectivity index (χ4v) is 1.65. The van der Waals surface area contributed by atoms with Crippen molar-refractivity contribution in [3.05, 3.63) is 23.8 Å². The van der Waals surface area contributed by atoms with Crippen molar-refractivity contribution in [3.8, 4) is 5.75 Å². The van der Waals surface area contributed by atoms with E-state index in [0.29, 0.717) is 6.61 Å². The second kappa shape index (κ2) is 3.81. The van der Waals surface area contributed by atoms with E-state index in [0.717, 1.165) is 23.4 Å².